The summed E-state index contributed by atoms with van der Waals surface area (Å²) in [4.78, 5) is 14.1. The Hall–Kier alpha value is -2.04. The van der Waals surface area contributed by atoms with Crippen LogP contribution in [0.5, 0.6) is 0 Å². The number of amidine groups is 1. The second-order valence-electron chi connectivity index (χ2n) is 4.79. The number of oxime groups is 1. The second-order valence-corrected chi connectivity index (χ2v) is 4.79. The Morgan fingerprint density at radius 2 is 2.11 bits per heavy atom. The lowest BCUT2D eigenvalue weighted by molar-refractivity contribution is -0.132. The fourth-order valence-corrected chi connectivity index (χ4v) is 2.48. The molecule has 0 radical (unpaired) electrons. The first-order chi connectivity index (χ1) is 9.22. The third-order valence-electron chi connectivity index (χ3n) is 3.48. The molecule has 1 atom stereocenters. The van der Waals surface area contributed by atoms with E-state index in [1.54, 1.807) is 4.90 Å². The van der Waals surface area contributed by atoms with Gasteiger partial charge in [0.25, 0.3) is 0 Å². The fraction of sp³-hybridized carbons (Fsp3) is 0.429. The van der Waals surface area contributed by atoms with Crippen molar-refractivity contribution in [1.82, 2.24) is 4.90 Å². The maximum Gasteiger partial charge on any atom is 0.227 e. The molecule has 1 unspecified atom stereocenters. The van der Waals surface area contributed by atoms with Gasteiger partial charge in [-0.15, -0.1) is 0 Å². The number of likely N-dealkylation sites (tertiary alicyclic amines) is 1. The third-order valence-corrected chi connectivity index (χ3v) is 3.48. The molecule has 0 aromatic heterocycles. The first-order valence-electron chi connectivity index (χ1n) is 6.53. The third kappa shape index (κ3) is 3.24. The zero-order chi connectivity index (χ0) is 13.7. The minimum absolute atomic E-state index is 0.0301. The van der Waals surface area contributed by atoms with Crippen molar-refractivity contribution in [2.75, 3.05) is 6.54 Å². The molecule has 5 nitrogen and oxygen atoms in total. The van der Waals surface area contributed by atoms with Gasteiger partial charge in [-0.1, -0.05) is 35.5 Å². The molecule has 0 saturated carbocycles. The zero-order valence-corrected chi connectivity index (χ0v) is 10.8. The standard InChI is InChI=1S/C14H19N3O2/c15-14(16-19)12-8-4-5-9-17(12)13(18)10-11-6-2-1-3-7-11/h1-3,6-7,12,19H,4-5,8-10H2,(H2,15,16). The van der Waals surface area contributed by atoms with Crippen molar-refractivity contribution in [3.63, 3.8) is 0 Å². The summed E-state index contributed by atoms with van der Waals surface area (Å²) in [7, 11) is 0. The van der Waals surface area contributed by atoms with Gasteiger partial charge in [-0.05, 0) is 24.8 Å². The molecule has 5 heteroatoms. The Morgan fingerprint density at radius 3 is 2.79 bits per heavy atom. The highest BCUT2D eigenvalue weighted by atomic mass is 16.4. The maximum atomic E-state index is 12.3. The van der Waals surface area contributed by atoms with Crippen LogP contribution in [0.4, 0.5) is 0 Å². The molecule has 102 valence electrons. The van der Waals surface area contributed by atoms with Crippen LogP contribution in [0.15, 0.2) is 35.5 Å². The van der Waals surface area contributed by atoms with Crippen LogP contribution in [0.25, 0.3) is 0 Å². The molecule has 1 fully saturated rings. The van der Waals surface area contributed by atoms with Gasteiger partial charge in [0.1, 0.15) is 0 Å². The lowest BCUT2D eigenvalue weighted by Crippen LogP contribution is -2.51. The van der Waals surface area contributed by atoms with Crippen molar-refractivity contribution < 1.29 is 10.0 Å². The summed E-state index contributed by atoms with van der Waals surface area (Å²) in [6.45, 7) is 0.673. The number of amides is 1. The van der Waals surface area contributed by atoms with E-state index in [-0.39, 0.29) is 17.8 Å². The summed E-state index contributed by atoms with van der Waals surface area (Å²) < 4.78 is 0. The van der Waals surface area contributed by atoms with Crippen LogP contribution < -0.4 is 5.73 Å². The van der Waals surface area contributed by atoms with Gasteiger partial charge in [0.15, 0.2) is 5.84 Å². The average Bonchev–Trinajstić information content (AvgIpc) is 2.47. The summed E-state index contributed by atoms with van der Waals surface area (Å²) in [6.07, 6.45) is 3.08. The molecule has 1 heterocycles. The number of piperidine rings is 1. The predicted octanol–water partition coefficient (Wildman–Crippen LogP) is 1.36. The largest absolute Gasteiger partial charge is 0.409 e. The molecule has 1 aliphatic heterocycles. The SMILES string of the molecule is NC(=NO)C1CCCCN1C(=O)Cc1ccccc1. The lowest BCUT2D eigenvalue weighted by Gasteiger charge is -2.34. The van der Waals surface area contributed by atoms with E-state index in [4.69, 9.17) is 10.9 Å². The minimum Gasteiger partial charge on any atom is -0.409 e. The number of carbonyl (C=O) groups excluding carboxylic acids is 1. The number of benzene rings is 1. The van der Waals surface area contributed by atoms with Gasteiger partial charge < -0.3 is 15.8 Å². The van der Waals surface area contributed by atoms with Crippen LogP contribution in [0, 0.1) is 0 Å². The highest BCUT2D eigenvalue weighted by Crippen LogP contribution is 2.18. The van der Waals surface area contributed by atoms with Crippen molar-refractivity contribution in [2.24, 2.45) is 10.9 Å². The summed E-state index contributed by atoms with van der Waals surface area (Å²) in [5, 5.41) is 11.9. The second kappa shape index (κ2) is 6.22. The molecule has 3 N–H and O–H groups in total. The van der Waals surface area contributed by atoms with E-state index in [1.807, 2.05) is 30.3 Å². The molecule has 2 rings (SSSR count). The first kappa shape index (κ1) is 13.4. The molecule has 0 aliphatic carbocycles. The van der Waals surface area contributed by atoms with E-state index in [0.717, 1.165) is 24.8 Å². The predicted molar refractivity (Wildman–Crippen MR) is 72.9 cm³/mol. The number of rotatable bonds is 3. The monoisotopic (exact) mass is 261 g/mol. The van der Waals surface area contributed by atoms with Gasteiger partial charge in [0, 0.05) is 6.54 Å². The molecular weight excluding hydrogens is 242 g/mol. The van der Waals surface area contributed by atoms with Gasteiger partial charge >= 0.3 is 0 Å². The fourth-order valence-electron chi connectivity index (χ4n) is 2.48. The molecule has 1 saturated heterocycles. The Balaban J connectivity index is 2.07. The summed E-state index contributed by atoms with van der Waals surface area (Å²) >= 11 is 0. The average molecular weight is 261 g/mol. The first-order valence-corrected chi connectivity index (χ1v) is 6.53. The number of hydrogen-bond donors (Lipinski definition) is 2. The lowest BCUT2D eigenvalue weighted by atomic mass is 10.00. The van der Waals surface area contributed by atoms with Gasteiger partial charge in [-0.2, -0.15) is 0 Å². The van der Waals surface area contributed by atoms with E-state index in [9.17, 15) is 4.79 Å². The van der Waals surface area contributed by atoms with Crippen LogP contribution in [0.3, 0.4) is 0 Å². The Morgan fingerprint density at radius 1 is 1.37 bits per heavy atom. The summed E-state index contributed by atoms with van der Waals surface area (Å²) in [5.74, 6) is 0.156. The minimum atomic E-state index is -0.269. The zero-order valence-electron chi connectivity index (χ0n) is 10.8. The van der Waals surface area contributed by atoms with Crippen molar-refractivity contribution >= 4 is 11.7 Å². The van der Waals surface area contributed by atoms with Crippen LogP contribution in [0.1, 0.15) is 24.8 Å². The molecule has 1 aromatic carbocycles. The molecule has 19 heavy (non-hydrogen) atoms. The maximum absolute atomic E-state index is 12.3. The van der Waals surface area contributed by atoms with Crippen LogP contribution in [-0.2, 0) is 11.2 Å². The van der Waals surface area contributed by atoms with Crippen molar-refractivity contribution in [3.8, 4) is 0 Å². The Kier molecular flexibility index (Phi) is 4.39. The van der Waals surface area contributed by atoms with E-state index >= 15 is 0 Å². The van der Waals surface area contributed by atoms with Gasteiger partial charge in [-0.3, -0.25) is 4.79 Å². The van der Waals surface area contributed by atoms with Gasteiger partial charge in [-0.25, -0.2) is 0 Å². The van der Waals surface area contributed by atoms with Crippen LogP contribution in [0.2, 0.25) is 0 Å². The van der Waals surface area contributed by atoms with Crippen molar-refractivity contribution in [2.45, 2.75) is 31.7 Å². The summed E-state index contributed by atoms with van der Waals surface area (Å²) in [6, 6.07) is 9.35. The molecule has 0 bridgehead atoms. The highest BCUT2D eigenvalue weighted by Gasteiger charge is 2.29. The van der Waals surface area contributed by atoms with Crippen LogP contribution >= 0.6 is 0 Å². The number of nitrogens with zero attached hydrogens (tertiary/aromatic N) is 2. The van der Waals surface area contributed by atoms with E-state index in [0.29, 0.717) is 13.0 Å². The van der Waals surface area contributed by atoms with Gasteiger partial charge in [0.05, 0.1) is 12.5 Å². The normalized spacial score (nSPS) is 20.3. The van der Waals surface area contributed by atoms with Gasteiger partial charge in [0.2, 0.25) is 5.91 Å². The topological polar surface area (TPSA) is 78.9 Å². The molecule has 0 spiro atoms. The van der Waals surface area contributed by atoms with Crippen molar-refractivity contribution in [1.29, 1.82) is 0 Å². The molecule has 1 amide bonds. The molecular formula is C14H19N3O2. The van der Waals surface area contributed by atoms with Crippen LogP contribution in [-0.4, -0.2) is 34.4 Å². The van der Waals surface area contributed by atoms with E-state index in [1.165, 1.54) is 0 Å². The quantitative estimate of drug-likeness (QED) is 0.373. The Labute approximate surface area is 112 Å². The highest BCUT2D eigenvalue weighted by molar-refractivity contribution is 5.90. The number of nitrogens with two attached hydrogens (primary N) is 1. The number of carbonyl (C=O) groups is 1. The van der Waals surface area contributed by atoms with E-state index in [2.05, 4.69) is 5.16 Å². The smallest absolute Gasteiger partial charge is 0.227 e. The summed E-state index contributed by atoms with van der Waals surface area (Å²) in [5.41, 5.74) is 6.66. The molecule has 1 aliphatic rings. The van der Waals surface area contributed by atoms with Crippen molar-refractivity contribution in [3.05, 3.63) is 35.9 Å². The number of hydrogen-bond acceptors (Lipinski definition) is 3. The van der Waals surface area contributed by atoms with E-state index < -0.39 is 0 Å². The Bertz CT molecular complexity index is 459. The molecule has 1 aromatic rings.